The summed E-state index contributed by atoms with van der Waals surface area (Å²) in [6, 6.07) is 0. The normalized spacial score (nSPS) is 17.2. The number of hydrogen-bond donors (Lipinski definition) is 1. The van der Waals surface area contributed by atoms with Gasteiger partial charge in [-0.05, 0) is 18.9 Å². The Bertz CT molecular complexity index is 362. The van der Waals surface area contributed by atoms with Gasteiger partial charge in [-0.2, -0.15) is 0 Å². The van der Waals surface area contributed by atoms with Gasteiger partial charge in [-0.15, -0.1) is 0 Å². The molecule has 0 saturated heterocycles. The van der Waals surface area contributed by atoms with Gasteiger partial charge in [0.1, 0.15) is 5.83 Å². The van der Waals surface area contributed by atoms with E-state index in [2.05, 4.69) is 0 Å². The highest BCUT2D eigenvalue weighted by Gasteiger charge is 2.29. The summed E-state index contributed by atoms with van der Waals surface area (Å²) in [5.41, 5.74) is 0.364. The Hall–Kier alpha value is -0.895. The summed E-state index contributed by atoms with van der Waals surface area (Å²) in [5, 5.41) is 9.34. The van der Waals surface area contributed by atoms with Crippen molar-refractivity contribution in [3.05, 3.63) is 22.9 Å². The van der Waals surface area contributed by atoms with Gasteiger partial charge in [0.15, 0.2) is 5.78 Å². The van der Waals surface area contributed by atoms with E-state index in [1.54, 1.807) is 27.6 Å². The summed E-state index contributed by atoms with van der Waals surface area (Å²) >= 11 is 0. The third kappa shape index (κ3) is 2.82. The number of Topliss-reactive ketones (excluding diaryl/α,β-unsaturated/α-hetero) is 1. The van der Waals surface area contributed by atoms with E-state index < -0.39 is 18.2 Å². The molecule has 88 valence electrons. The monoisotopic (exact) mass is 224 g/mol. The smallest absolute Gasteiger partial charge is 0.316 e. The van der Waals surface area contributed by atoms with E-state index >= 15 is 0 Å². The molecule has 0 saturated carbocycles. The van der Waals surface area contributed by atoms with E-state index in [0.29, 0.717) is 18.3 Å². The zero-order valence-corrected chi connectivity index (χ0v) is 10.3. The summed E-state index contributed by atoms with van der Waals surface area (Å²) in [5.74, 6) is -0.632. The summed E-state index contributed by atoms with van der Waals surface area (Å²) in [6.07, 6.45) is 2.24. The highest BCUT2D eigenvalue weighted by molar-refractivity contribution is 6.57. The lowest BCUT2D eigenvalue weighted by molar-refractivity contribution is -0.122. The van der Waals surface area contributed by atoms with Crippen LogP contribution < -0.4 is 0 Å². The maximum absolute atomic E-state index is 13.7. The molecule has 1 rings (SSSR count). The molecule has 4 heteroatoms. The molecule has 0 fully saturated rings. The lowest BCUT2D eigenvalue weighted by Crippen LogP contribution is -2.25. The Morgan fingerprint density at radius 2 is 2.00 bits per heavy atom. The molecular weight excluding hydrogens is 206 g/mol. The Morgan fingerprint density at radius 3 is 2.38 bits per heavy atom. The van der Waals surface area contributed by atoms with Crippen LogP contribution in [0.15, 0.2) is 22.9 Å². The van der Waals surface area contributed by atoms with Gasteiger partial charge in [-0.3, -0.25) is 4.79 Å². The first-order valence-corrected chi connectivity index (χ1v) is 5.55. The molecular formula is C12H18BFO2. The molecule has 1 aliphatic rings. The predicted molar refractivity (Wildman–Crippen MR) is 63.7 cm³/mol. The lowest BCUT2D eigenvalue weighted by atomic mass is 9.60. The molecule has 0 heterocycles. The molecule has 0 aliphatic heterocycles. The van der Waals surface area contributed by atoms with Crippen molar-refractivity contribution < 1.29 is 14.2 Å². The quantitative estimate of drug-likeness (QED) is 0.732. The Morgan fingerprint density at radius 1 is 1.44 bits per heavy atom. The fraction of sp³-hybridized carbons (Fsp3) is 0.583. The Balaban J connectivity index is 3.01. The van der Waals surface area contributed by atoms with Crippen LogP contribution in [0.1, 0.15) is 33.6 Å². The fourth-order valence-electron chi connectivity index (χ4n) is 1.71. The Labute approximate surface area is 96.3 Å². The van der Waals surface area contributed by atoms with Gasteiger partial charge in [-0.25, -0.2) is 4.39 Å². The summed E-state index contributed by atoms with van der Waals surface area (Å²) < 4.78 is 13.7. The fourth-order valence-corrected chi connectivity index (χ4v) is 1.71. The molecule has 0 aromatic rings. The summed E-state index contributed by atoms with van der Waals surface area (Å²) in [7, 11) is 0. The lowest BCUT2D eigenvalue weighted by Gasteiger charge is -2.22. The summed E-state index contributed by atoms with van der Waals surface area (Å²) in [6.45, 7) is 6.31. The minimum absolute atomic E-state index is 0.147. The van der Waals surface area contributed by atoms with Crippen LogP contribution in [0.2, 0.25) is 6.82 Å². The third-order valence-corrected chi connectivity index (χ3v) is 2.76. The molecule has 2 nitrogen and oxygen atoms in total. The molecule has 0 spiro atoms. The molecule has 0 radical (unpaired) electrons. The average Bonchev–Trinajstić information content (AvgIpc) is 2.15. The van der Waals surface area contributed by atoms with Crippen LogP contribution in [0.3, 0.4) is 0 Å². The van der Waals surface area contributed by atoms with Gasteiger partial charge in [0.25, 0.3) is 0 Å². The SMILES string of the molecule is CB(O)C1=CC(F)=C(C(=O)C(C)(C)C)CC1. The second kappa shape index (κ2) is 4.54. The largest absolute Gasteiger partial charge is 0.447 e. The maximum atomic E-state index is 13.7. The molecule has 0 aromatic carbocycles. The van der Waals surface area contributed by atoms with Crippen molar-refractivity contribution in [2.75, 3.05) is 0 Å². The van der Waals surface area contributed by atoms with Crippen molar-refractivity contribution >= 4 is 12.7 Å². The van der Waals surface area contributed by atoms with E-state index in [-0.39, 0.29) is 11.4 Å². The van der Waals surface area contributed by atoms with Gasteiger partial charge < -0.3 is 5.02 Å². The second-order valence-corrected chi connectivity index (χ2v) is 5.30. The molecule has 0 amide bonds. The van der Waals surface area contributed by atoms with E-state index in [9.17, 15) is 14.2 Å². The number of halogens is 1. The molecule has 0 aromatic heterocycles. The van der Waals surface area contributed by atoms with Crippen LogP contribution in [0.5, 0.6) is 0 Å². The molecule has 0 bridgehead atoms. The highest BCUT2D eigenvalue weighted by atomic mass is 19.1. The first-order valence-electron chi connectivity index (χ1n) is 5.55. The number of allylic oxidation sites excluding steroid dienone is 4. The zero-order valence-electron chi connectivity index (χ0n) is 10.3. The van der Waals surface area contributed by atoms with Gasteiger partial charge in [0.2, 0.25) is 0 Å². The van der Waals surface area contributed by atoms with Crippen molar-refractivity contribution in [1.82, 2.24) is 0 Å². The first-order chi connectivity index (χ1) is 7.23. The van der Waals surface area contributed by atoms with Crippen LogP contribution in [0.25, 0.3) is 0 Å². The number of rotatable bonds is 2. The molecule has 16 heavy (non-hydrogen) atoms. The molecule has 0 unspecified atom stereocenters. The van der Waals surface area contributed by atoms with Crippen LogP contribution in [-0.4, -0.2) is 17.7 Å². The average molecular weight is 224 g/mol. The van der Waals surface area contributed by atoms with Crippen molar-refractivity contribution in [1.29, 1.82) is 0 Å². The van der Waals surface area contributed by atoms with E-state index in [1.165, 1.54) is 6.08 Å². The van der Waals surface area contributed by atoms with E-state index in [1.807, 2.05) is 0 Å². The van der Waals surface area contributed by atoms with Gasteiger partial charge in [0.05, 0.1) is 0 Å². The van der Waals surface area contributed by atoms with Gasteiger partial charge in [0, 0.05) is 11.0 Å². The minimum atomic E-state index is -0.642. The minimum Gasteiger partial charge on any atom is -0.447 e. The first kappa shape index (κ1) is 13.2. The number of ketones is 1. The van der Waals surface area contributed by atoms with E-state index in [0.717, 1.165) is 0 Å². The zero-order chi connectivity index (χ0) is 12.5. The number of carbonyl (C=O) groups is 1. The van der Waals surface area contributed by atoms with Crippen molar-refractivity contribution in [3.8, 4) is 0 Å². The van der Waals surface area contributed by atoms with Crippen molar-refractivity contribution in [2.45, 2.75) is 40.4 Å². The second-order valence-electron chi connectivity index (χ2n) is 5.30. The number of hydrogen-bond acceptors (Lipinski definition) is 2. The van der Waals surface area contributed by atoms with Crippen LogP contribution >= 0.6 is 0 Å². The summed E-state index contributed by atoms with van der Waals surface area (Å²) in [4.78, 5) is 11.9. The van der Waals surface area contributed by atoms with E-state index in [4.69, 9.17) is 0 Å². The van der Waals surface area contributed by atoms with Gasteiger partial charge >= 0.3 is 6.92 Å². The third-order valence-electron chi connectivity index (χ3n) is 2.76. The highest BCUT2D eigenvalue weighted by Crippen LogP contribution is 2.31. The molecule has 1 aliphatic carbocycles. The van der Waals surface area contributed by atoms with Crippen LogP contribution in [-0.2, 0) is 4.79 Å². The van der Waals surface area contributed by atoms with Crippen molar-refractivity contribution in [3.63, 3.8) is 0 Å². The van der Waals surface area contributed by atoms with Gasteiger partial charge in [-0.1, -0.05) is 33.1 Å². The standard InChI is InChI=1S/C12H18BFO2/c1-12(2,3)11(15)9-6-5-8(13(4)16)7-10(9)14/h7,16H,5-6H2,1-4H3. The topological polar surface area (TPSA) is 37.3 Å². The number of carbonyl (C=O) groups excluding carboxylic acids is 1. The maximum Gasteiger partial charge on any atom is 0.316 e. The predicted octanol–water partition coefficient (Wildman–Crippen LogP) is 2.70. The Kier molecular flexibility index (Phi) is 3.74. The molecule has 1 N–H and O–H groups in total. The molecule has 0 atom stereocenters. The van der Waals surface area contributed by atoms with Crippen LogP contribution in [0, 0.1) is 5.41 Å². The van der Waals surface area contributed by atoms with Crippen LogP contribution in [0.4, 0.5) is 4.39 Å². The van der Waals surface area contributed by atoms with Crippen molar-refractivity contribution in [2.24, 2.45) is 5.41 Å².